The van der Waals surface area contributed by atoms with Crippen molar-refractivity contribution in [2.75, 3.05) is 0 Å². The standard InChI is InChI=1S/C12H14O2.C12H12O2.2C2H6/c2*1-8(2)12-7-10(13)9-5-3-4-6-11(9)14-12;2*1-2/h3-8,10,13H,1-2H3;3-8H,1-2H3;2*1-2H3. The fraction of sp³-hybridized carbons (Fsp3) is 0.393. The molecule has 3 aromatic rings. The third kappa shape index (κ3) is 7.10. The van der Waals surface area contributed by atoms with Gasteiger partial charge in [0.1, 0.15) is 29.0 Å². The van der Waals surface area contributed by atoms with Crippen LogP contribution in [0.25, 0.3) is 11.0 Å². The van der Waals surface area contributed by atoms with Crippen LogP contribution in [0.5, 0.6) is 5.75 Å². The Morgan fingerprint density at radius 3 is 2.06 bits per heavy atom. The van der Waals surface area contributed by atoms with Crippen molar-refractivity contribution in [1.29, 1.82) is 0 Å². The lowest BCUT2D eigenvalue weighted by molar-refractivity contribution is 0.201. The Labute approximate surface area is 192 Å². The van der Waals surface area contributed by atoms with E-state index in [4.69, 9.17) is 9.15 Å². The zero-order chi connectivity index (χ0) is 24.3. The van der Waals surface area contributed by atoms with Crippen LogP contribution in [0.1, 0.15) is 78.7 Å². The molecule has 0 spiro atoms. The number of rotatable bonds is 2. The van der Waals surface area contributed by atoms with Crippen molar-refractivity contribution in [1.82, 2.24) is 0 Å². The number of aliphatic hydroxyl groups excluding tert-OH is 1. The number of fused-ring (bicyclic) bond motifs is 2. The first-order valence-electron chi connectivity index (χ1n) is 11.6. The summed E-state index contributed by atoms with van der Waals surface area (Å²) < 4.78 is 11.3. The molecule has 1 N–H and O–H groups in total. The Bertz CT molecular complexity index is 1040. The van der Waals surface area contributed by atoms with E-state index >= 15 is 0 Å². The second-order valence-corrected chi connectivity index (χ2v) is 7.47. The molecule has 0 bridgehead atoms. The van der Waals surface area contributed by atoms with Crippen LogP contribution in [0, 0.1) is 5.92 Å². The lowest BCUT2D eigenvalue weighted by atomic mass is 10.0. The van der Waals surface area contributed by atoms with E-state index in [-0.39, 0.29) is 11.3 Å². The van der Waals surface area contributed by atoms with Gasteiger partial charge in [0.25, 0.3) is 0 Å². The maximum absolute atomic E-state index is 11.6. The molecule has 0 aliphatic carbocycles. The lowest BCUT2D eigenvalue weighted by Gasteiger charge is -2.23. The van der Waals surface area contributed by atoms with E-state index < -0.39 is 6.10 Å². The highest BCUT2D eigenvalue weighted by molar-refractivity contribution is 5.76. The van der Waals surface area contributed by atoms with Crippen molar-refractivity contribution >= 4 is 11.0 Å². The van der Waals surface area contributed by atoms with Crippen LogP contribution in [0.15, 0.2) is 75.6 Å². The third-order valence-corrected chi connectivity index (χ3v) is 4.58. The van der Waals surface area contributed by atoms with Gasteiger partial charge in [0, 0.05) is 23.5 Å². The average Bonchev–Trinajstić information content (AvgIpc) is 2.82. The summed E-state index contributed by atoms with van der Waals surface area (Å²) in [7, 11) is 0. The minimum absolute atomic E-state index is 0.0375. The molecular weight excluding hydrogens is 400 g/mol. The maximum atomic E-state index is 11.6. The van der Waals surface area contributed by atoms with Crippen LogP contribution < -0.4 is 10.2 Å². The Balaban J connectivity index is 0.000000277. The molecule has 1 aromatic heterocycles. The molecule has 2 aromatic carbocycles. The largest absolute Gasteiger partial charge is 0.461 e. The molecule has 0 saturated heterocycles. The van der Waals surface area contributed by atoms with Gasteiger partial charge in [-0.3, -0.25) is 4.79 Å². The number of allylic oxidation sites excluding steroid dienone is 1. The van der Waals surface area contributed by atoms with E-state index in [1.807, 2.05) is 97.9 Å². The summed E-state index contributed by atoms with van der Waals surface area (Å²) in [6.07, 6.45) is 1.24. The first-order chi connectivity index (χ1) is 15.4. The molecule has 0 saturated carbocycles. The monoisotopic (exact) mass is 438 g/mol. The van der Waals surface area contributed by atoms with E-state index in [0.717, 1.165) is 22.8 Å². The molecular formula is C28H38O4. The molecule has 0 amide bonds. The van der Waals surface area contributed by atoms with E-state index in [1.165, 1.54) is 0 Å². The summed E-state index contributed by atoms with van der Waals surface area (Å²) in [5, 5.41) is 10.5. The molecule has 4 rings (SSSR count). The molecule has 1 atom stereocenters. The molecule has 32 heavy (non-hydrogen) atoms. The molecule has 4 nitrogen and oxygen atoms in total. The molecule has 4 heteroatoms. The van der Waals surface area contributed by atoms with Gasteiger partial charge in [0.15, 0.2) is 5.43 Å². The Kier molecular flexibility index (Phi) is 11.5. The maximum Gasteiger partial charge on any atom is 0.192 e. The second-order valence-electron chi connectivity index (χ2n) is 7.47. The Hall–Kier alpha value is -2.85. The topological polar surface area (TPSA) is 59.7 Å². The molecule has 0 radical (unpaired) electrons. The fourth-order valence-electron chi connectivity index (χ4n) is 2.94. The highest BCUT2D eigenvalue weighted by Gasteiger charge is 2.20. The number of hydrogen-bond acceptors (Lipinski definition) is 4. The third-order valence-electron chi connectivity index (χ3n) is 4.58. The zero-order valence-electron chi connectivity index (χ0n) is 20.7. The van der Waals surface area contributed by atoms with Crippen molar-refractivity contribution in [3.05, 3.63) is 88.0 Å². The first kappa shape index (κ1) is 27.2. The average molecular weight is 439 g/mol. The van der Waals surface area contributed by atoms with Crippen molar-refractivity contribution < 1.29 is 14.3 Å². The summed E-state index contributed by atoms with van der Waals surface area (Å²) in [5.41, 5.74) is 1.55. The Morgan fingerprint density at radius 1 is 0.844 bits per heavy atom. The lowest BCUT2D eigenvalue weighted by Crippen LogP contribution is -2.12. The van der Waals surface area contributed by atoms with Gasteiger partial charge in [-0.05, 0) is 24.3 Å². The van der Waals surface area contributed by atoms with Gasteiger partial charge in [-0.2, -0.15) is 0 Å². The van der Waals surface area contributed by atoms with Gasteiger partial charge < -0.3 is 14.3 Å². The van der Waals surface area contributed by atoms with Crippen LogP contribution in [-0.2, 0) is 0 Å². The fourth-order valence-corrected chi connectivity index (χ4v) is 2.94. The minimum atomic E-state index is -0.530. The molecule has 2 heterocycles. The van der Waals surface area contributed by atoms with E-state index in [1.54, 1.807) is 18.2 Å². The summed E-state index contributed by atoms with van der Waals surface area (Å²) in [4.78, 5) is 11.6. The minimum Gasteiger partial charge on any atom is -0.461 e. The van der Waals surface area contributed by atoms with Gasteiger partial charge in [0.2, 0.25) is 0 Å². The SMILES string of the molecule is CC.CC.CC(C)C1=CC(O)c2ccccc2O1.CC(C)c1cc(=O)c2ccccc2o1. The van der Waals surface area contributed by atoms with Gasteiger partial charge in [-0.1, -0.05) is 85.7 Å². The number of hydrogen-bond donors (Lipinski definition) is 1. The van der Waals surface area contributed by atoms with Crippen molar-refractivity contribution in [3.63, 3.8) is 0 Å². The van der Waals surface area contributed by atoms with Gasteiger partial charge in [0.05, 0.1) is 5.39 Å². The molecule has 1 unspecified atom stereocenters. The first-order valence-corrected chi connectivity index (χ1v) is 11.6. The molecule has 174 valence electrons. The predicted molar refractivity (Wildman–Crippen MR) is 134 cm³/mol. The van der Waals surface area contributed by atoms with E-state index in [2.05, 4.69) is 0 Å². The highest BCUT2D eigenvalue weighted by atomic mass is 16.5. The van der Waals surface area contributed by atoms with Crippen LogP contribution in [-0.4, -0.2) is 5.11 Å². The Morgan fingerprint density at radius 2 is 1.44 bits per heavy atom. The second kappa shape index (κ2) is 13.5. The molecule has 1 aliphatic rings. The predicted octanol–water partition coefficient (Wildman–Crippen LogP) is 7.62. The summed E-state index contributed by atoms with van der Waals surface area (Å²) in [6.45, 7) is 16.1. The van der Waals surface area contributed by atoms with Crippen LogP contribution in [0.4, 0.5) is 0 Å². The molecule has 0 fully saturated rings. The van der Waals surface area contributed by atoms with Crippen molar-refractivity contribution in [2.45, 2.75) is 67.4 Å². The van der Waals surface area contributed by atoms with E-state index in [0.29, 0.717) is 16.9 Å². The summed E-state index contributed by atoms with van der Waals surface area (Å²) in [6, 6.07) is 16.5. The van der Waals surface area contributed by atoms with E-state index in [9.17, 15) is 9.90 Å². The summed E-state index contributed by atoms with van der Waals surface area (Å²) >= 11 is 0. The number of ether oxygens (including phenoxy) is 1. The normalized spacial score (nSPS) is 14.0. The van der Waals surface area contributed by atoms with Crippen molar-refractivity contribution in [2.24, 2.45) is 5.92 Å². The number of para-hydroxylation sites is 2. The van der Waals surface area contributed by atoms with Crippen LogP contribution >= 0.6 is 0 Å². The van der Waals surface area contributed by atoms with Gasteiger partial charge in [-0.25, -0.2) is 0 Å². The van der Waals surface area contributed by atoms with Gasteiger partial charge in [-0.15, -0.1) is 0 Å². The van der Waals surface area contributed by atoms with Crippen molar-refractivity contribution in [3.8, 4) is 5.75 Å². The summed E-state index contributed by atoms with van der Waals surface area (Å²) in [5.74, 6) is 2.90. The van der Waals surface area contributed by atoms with Gasteiger partial charge >= 0.3 is 0 Å². The number of benzene rings is 2. The quantitative estimate of drug-likeness (QED) is 0.447. The zero-order valence-corrected chi connectivity index (χ0v) is 20.7. The highest BCUT2D eigenvalue weighted by Crippen LogP contribution is 2.34. The smallest absolute Gasteiger partial charge is 0.192 e. The van der Waals surface area contributed by atoms with Crippen LogP contribution in [0.3, 0.4) is 0 Å². The van der Waals surface area contributed by atoms with Crippen LogP contribution in [0.2, 0.25) is 0 Å². The number of aliphatic hydroxyl groups is 1. The molecule has 1 aliphatic heterocycles.